The van der Waals surface area contributed by atoms with E-state index in [0.717, 1.165) is 20.7 Å². The van der Waals surface area contributed by atoms with E-state index in [2.05, 4.69) is 15.9 Å². The number of halogens is 3. The van der Waals surface area contributed by atoms with Gasteiger partial charge in [-0.25, -0.2) is 13.6 Å². The number of hydrogen-bond acceptors (Lipinski definition) is 3. The summed E-state index contributed by atoms with van der Waals surface area (Å²) in [5.41, 5.74) is 1.33. The van der Waals surface area contributed by atoms with Crippen molar-refractivity contribution in [3.8, 4) is 11.1 Å². The maximum Gasteiger partial charge on any atom is 0.336 e. The molecule has 3 aromatic carbocycles. The zero-order chi connectivity index (χ0) is 19.0. The lowest BCUT2D eigenvalue weighted by Gasteiger charge is -2.08. The van der Waals surface area contributed by atoms with Crippen LogP contribution in [0.3, 0.4) is 0 Å². The van der Waals surface area contributed by atoms with Crippen molar-refractivity contribution in [2.45, 2.75) is 9.79 Å². The van der Waals surface area contributed by atoms with Gasteiger partial charge >= 0.3 is 5.63 Å². The highest BCUT2D eigenvalue weighted by atomic mass is 79.9. The van der Waals surface area contributed by atoms with Gasteiger partial charge in [-0.05, 0) is 59.7 Å². The minimum absolute atomic E-state index is 0.335. The Morgan fingerprint density at radius 1 is 0.815 bits per heavy atom. The van der Waals surface area contributed by atoms with Crippen molar-refractivity contribution >= 4 is 38.7 Å². The molecule has 0 saturated carbocycles. The Kier molecular flexibility index (Phi) is 4.85. The van der Waals surface area contributed by atoms with Gasteiger partial charge in [0.05, 0.1) is 0 Å². The highest BCUT2D eigenvalue weighted by Gasteiger charge is 2.10. The minimum Gasteiger partial charge on any atom is -0.423 e. The van der Waals surface area contributed by atoms with Crippen LogP contribution in [0.15, 0.2) is 90.2 Å². The quantitative estimate of drug-likeness (QED) is 0.331. The SMILES string of the molecule is O=c1cc(-c2ccc(F)cc2)c2ccc(Sc3cc(F)cc(Br)c3)cc2o1. The van der Waals surface area contributed by atoms with Gasteiger partial charge in [0.1, 0.15) is 17.2 Å². The summed E-state index contributed by atoms with van der Waals surface area (Å²) in [4.78, 5) is 13.5. The van der Waals surface area contributed by atoms with Crippen LogP contribution < -0.4 is 5.63 Å². The standard InChI is InChI=1S/C21H11BrF2O2S/c22-13-7-15(24)9-17(8-13)27-16-5-6-18-19(11-21(25)26-20(18)10-16)12-1-3-14(23)4-2-12/h1-11H. The summed E-state index contributed by atoms with van der Waals surface area (Å²) in [6.45, 7) is 0. The molecule has 0 fully saturated rings. The van der Waals surface area contributed by atoms with Crippen LogP contribution in [0.25, 0.3) is 22.1 Å². The molecule has 4 rings (SSSR count). The maximum atomic E-state index is 13.6. The van der Waals surface area contributed by atoms with Gasteiger partial charge in [-0.2, -0.15) is 0 Å². The van der Waals surface area contributed by atoms with Gasteiger partial charge in [-0.3, -0.25) is 0 Å². The fourth-order valence-electron chi connectivity index (χ4n) is 2.80. The average Bonchev–Trinajstić information content (AvgIpc) is 2.60. The van der Waals surface area contributed by atoms with E-state index < -0.39 is 5.63 Å². The normalized spacial score (nSPS) is 11.1. The number of hydrogen-bond donors (Lipinski definition) is 0. The molecule has 1 heterocycles. The first kappa shape index (κ1) is 17.9. The topological polar surface area (TPSA) is 30.2 Å². The van der Waals surface area contributed by atoms with E-state index in [1.807, 2.05) is 18.2 Å². The lowest BCUT2D eigenvalue weighted by atomic mass is 10.0. The van der Waals surface area contributed by atoms with Crippen molar-refractivity contribution in [1.82, 2.24) is 0 Å². The van der Waals surface area contributed by atoms with E-state index in [4.69, 9.17) is 4.42 Å². The molecule has 134 valence electrons. The highest BCUT2D eigenvalue weighted by Crippen LogP contribution is 2.34. The first-order valence-electron chi connectivity index (χ1n) is 7.96. The maximum absolute atomic E-state index is 13.6. The van der Waals surface area contributed by atoms with Crippen molar-refractivity contribution in [3.05, 3.63) is 93.3 Å². The van der Waals surface area contributed by atoms with Crippen molar-refractivity contribution in [2.24, 2.45) is 0 Å². The average molecular weight is 445 g/mol. The van der Waals surface area contributed by atoms with Gasteiger partial charge in [0.25, 0.3) is 0 Å². The van der Waals surface area contributed by atoms with Crippen molar-refractivity contribution in [3.63, 3.8) is 0 Å². The second kappa shape index (κ2) is 7.29. The number of benzene rings is 3. The van der Waals surface area contributed by atoms with Crippen molar-refractivity contribution in [2.75, 3.05) is 0 Å². The third-order valence-electron chi connectivity index (χ3n) is 3.94. The van der Waals surface area contributed by atoms with Crippen LogP contribution in [-0.4, -0.2) is 0 Å². The summed E-state index contributed by atoms with van der Waals surface area (Å²) in [5.74, 6) is -0.677. The summed E-state index contributed by atoms with van der Waals surface area (Å²) in [5, 5.41) is 0.742. The van der Waals surface area contributed by atoms with Gasteiger partial charge in [0.2, 0.25) is 0 Å². The van der Waals surface area contributed by atoms with Gasteiger partial charge in [0.15, 0.2) is 0 Å². The molecule has 0 spiro atoms. The molecule has 0 radical (unpaired) electrons. The molecular weight excluding hydrogens is 434 g/mol. The first-order chi connectivity index (χ1) is 13.0. The Balaban J connectivity index is 1.79. The smallest absolute Gasteiger partial charge is 0.336 e. The molecular formula is C21H11BrF2O2S. The molecule has 2 nitrogen and oxygen atoms in total. The van der Waals surface area contributed by atoms with E-state index >= 15 is 0 Å². The molecule has 0 saturated heterocycles. The van der Waals surface area contributed by atoms with Crippen molar-refractivity contribution in [1.29, 1.82) is 0 Å². The fraction of sp³-hybridized carbons (Fsp3) is 0. The third-order valence-corrected chi connectivity index (χ3v) is 5.36. The largest absolute Gasteiger partial charge is 0.423 e. The van der Waals surface area contributed by atoms with Crippen LogP contribution in [0.2, 0.25) is 0 Å². The van der Waals surface area contributed by atoms with E-state index in [0.29, 0.717) is 15.6 Å². The summed E-state index contributed by atoms with van der Waals surface area (Å²) in [6.07, 6.45) is 0. The second-order valence-corrected chi connectivity index (χ2v) is 7.91. The summed E-state index contributed by atoms with van der Waals surface area (Å²) in [6, 6.07) is 17.4. The Morgan fingerprint density at radius 2 is 1.59 bits per heavy atom. The molecule has 0 aliphatic heterocycles. The van der Waals surface area contributed by atoms with Gasteiger partial charge in [-0.1, -0.05) is 39.8 Å². The molecule has 0 aliphatic rings. The third kappa shape index (κ3) is 3.96. The van der Waals surface area contributed by atoms with E-state index in [1.54, 1.807) is 18.2 Å². The molecule has 0 amide bonds. The van der Waals surface area contributed by atoms with Crippen LogP contribution in [0.1, 0.15) is 0 Å². The number of fused-ring (bicyclic) bond motifs is 1. The van der Waals surface area contributed by atoms with Crippen LogP contribution in [0.4, 0.5) is 8.78 Å². The zero-order valence-electron chi connectivity index (χ0n) is 13.7. The molecule has 0 unspecified atom stereocenters. The second-order valence-electron chi connectivity index (χ2n) is 5.85. The molecule has 0 bridgehead atoms. The lowest BCUT2D eigenvalue weighted by molar-refractivity contribution is 0.561. The molecule has 4 aromatic rings. The zero-order valence-corrected chi connectivity index (χ0v) is 16.1. The summed E-state index contributed by atoms with van der Waals surface area (Å²) < 4.78 is 32.8. The van der Waals surface area contributed by atoms with E-state index in [9.17, 15) is 13.6 Å². The predicted molar refractivity (Wildman–Crippen MR) is 106 cm³/mol. The van der Waals surface area contributed by atoms with Gasteiger partial charge < -0.3 is 4.42 Å². The molecule has 1 aromatic heterocycles. The minimum atomic E-state index is -0.488. The first-order valence-corrected chi connectivity index (χ1v) is 9.57. The molecule has 27 heavy (non-hydrogen) atoms. The fourth-order valence-corrected chi connectivity index (χ4v) is 4.35. The van der Waals surface area contributed by atoms with Gasteiger partial charge in [0, 0.05) is 25.7 Å². The monoisotopic (exact) mass is 444 g/mol. The molecule has 6 heteroatoms. The van der Waals surface area contributed by atoms with Crippen LogP contribution in [-0.2, 0) is 0 Å². The summed E-state index contributed by atoms with van der Waals surface area (Å²) in [7, 11) is 0. The molecule has 0 N–H and O–H groups in total. The Morgan fingerprint density at radius 3 is 2.33 bits per heavy atom. The van der Waals surface area contributed by atoms with E-state index in [-0.39, 0.29) is 11.6 Å². The van der Waals surface area contributed by atoms with Gasteiger partial charge in [-0.15, -0.1) is 0 Å². The highest BCUT2D eigenvalue weighted by molar-refractivity contribution is 9.10. The number of rotatable bonds is 3. The van der Waals surface area contributed by atoms with E-state index in [1.165, 1.54) is 42.1 Å². The summed E-state index contributed by atoms with van der Waals surface area (Å²) >= 11 is 4.63. The Labute approximate surface area is 166 Å². The lowest BCUT2D eigenvalue weighted by Crippen LogP contribution is -1.98. The molecule has 0 aliphatic carbocycles. The van der Waals surface area contributed by atoms with Crippen LogP contribution in [0.5, 0.6) is 0 Å². The van der Waals surface area contributed by atoms with Crippen molar-refractivity contribution < 1.29 is 13.2 Å². The van der Waals surface area contributed by atoms with Crippen LogP contribution in [0, 0.1) is 11.6 Å². The Bertz CT molecular complexity index is 1180. The Hall–Kier alpha value is -2.44. The molecule has 0 atom stereocenters. The predicted octanol–water partition coefficient (Wildman–Crippen LogP) is 6.65. The van der Waals surface area contributed by atoms with Crippen LogP contribution >= 0.6 is 27.7 Å².